The highest BCUT2D eigenvalue weighted by atomic mass is 16.5. The molecule has 2 rings (SSSR count). The first-order valence-corrected chi connectivity index (χ1v) is 7.41. The Morgan fingerprint density at radius 3 is 2.79 bits per heavy atom. The number of para-hydroxylation sites is 1. The van der Waals surface area contributed by atoms with Crippen LogP contribution in [0.4, 0.5) is 0 Å². The van der Waals surface area contributed by atoms with Crippen LogP contribution in [0.25, 0.3) is 0 Å². The molecular weight excluding hydrogens is 236 g/mol. The average Bonchev–Trinajstić information content (AvgIpc) is 2.46. The largest absolute Gasteiger partial charge is 0.494 e. The zero-order valence-electron chi connectivity index (χ0n) is 11.9. The lowest BCUT2D eigenvalue weighted by atomic mass is 9.93. The number of nitrogens with two attached hydrogens (primary N) is 1. The molecular formula is C16H26N2O. The van der Waals surface area contributed by atoms with Crippen molar-refractivity contribution >= 4 is 0 Å². The topological polar surface area (TPSA) is 38.5 Å². The van der Waals surface area contributed by atoms with Crippen LogP contribution in [-0.2, 0) is 0 Å². The third-order valence-electron chi connectivity index (χ3n) is 4.04. The van der Waals surface area contributed by atoms with Gasteiger partial charge < -0.3 is 15.4 Å². The molecule has 1 fully saturated rings. The van der Waals surface area contributed by atoms with Crippen LogP contribution in [0.2, 0.25) is 0 Å². The molecule has 0 saturated carbocycles. The number of rotatable bonds is 6. The van der Waals surface area contributed by atoms with Gasteiger partial charge in [-0.2, -0.15) is 0 Å². The number of piperidine rings is 1. The second-order valence-electron chi connectivity index (χ2n) is 5.54. The number of ether oxygens (including phenoxy) is 1. The summed E-state index contributed by atoms with van der Waals surface area (Å²) < 4.78 is 5.73. The van der Waals surface area contributed by atoms with Crippen LogP contribution in [0.1, 0.15) is 26.2 Å². The lowest BCUT2D eigenvalue weighted by Crippen LogP contribution is -2.44. The predicted molar refractivity (Wildman–Crippen MR) is 79.4 cm³/mol. The van der Waals surface area contributed by atoms with Gasteiger partial charge in [0.2, 0.25) is 0 Å². The molecule has 1 aromatic rings. The minimum Gasteiger partial charge on any atom is -0.494 e. The first-order valence-electron chi connectivity index (χ1n) is 7.41. The van der Waals surface area contributed by atoms with Crippen LogP contribution < -0.4 is 10.5 Å². The van der Waals surface area contributed by atoms with Gasteiger partial charge in [0.25, 0.3) is 0 Å². The molecule has 1 saturated heterocycles. The number of benzene rings is 1. The lowest BCUT2D eigenvalue weighted by molar-refractivity contribution is 0.113. The molecule has 1 aliphatic rings. The first-order chi connectivity index (χ1) is 9.29. The fourth-order valence-corrected chi connectivity index (χ4v) is 2.74. The van der Waals surface area contributed by atoms with Gasteiger partial charge >= 0.3 is 0 Å². The summed E-state index contributed by atoms with van der Waals surface area (Å²) in [5.41, 5.74) is 5.79. The van der Waals surface area contributed by atoms with E-state index < -0.39 is 0 Å². The van der Waals surface area contributed by atoms with E-state index in [-0.39, 0.29) is 0 Å². The number of likely N-dealkylation sites (tertiary alicyclic amines) is 1. The molecule has 106 valence electrons. The molecule has 0 aromatic heterocycles. The summed E-state index contributed by atoms with van der Waals surface area (Å²) in [4.78, 5) is 2.56. The van der Waals surface area contributed by atoms with Gasteiger partial charge in [-0.15, -0.1) is 0 Å². The number of nitrogens with zero attached hydrogens (tertiary/aromatic N) is 1. The molecule has 19 heavy (non-hydrogen) atoms. The van der Waals surface area contributed by atoms with E-state index in [1.807, 2.05) is 30.3 Å². The maximum absolute atomic E-state index is 5.79. The highest BCUT2D eigenvalue weighted by Crippen LogP contribution is 2.21. The molecule has 1 aromatic carbocycles. The maximum atomic E-state index is 5.79. The zero-order chi connectivity index (χ0) is 13.5. The Hall–Kier alpha value is -1.06. The van der Waals surface area contributed by atoms with E-state index in [2.05, 4.69) is 11.8 Å². The van der Waals surface area contributed by atoms with Crippen molar-refractivity contribution in [2.45, 2.75) is 32.2 Å². The molecule has 0 bridgehead atoms. The standard InChI is InChI=1S/C16H26N2O/c1-14-8-9-15(12-17)13-18(14)10-5-11-19-16-6-3-2-4-7-16/h2-4,6-7,14-15H,5,8-13,17H2,1H3. The van der Waals surface area contributed by atoms with Gasteiger partial charge in [-0.05, 0) is 50.8 Å². The Bertz CT molecular complexity index is 355. The molecule has 3 nitrogen and oxygen atoms in total. The van der Waals surface area contributed by atoms with Gasteiger partial charge in [0, 0.05) is 19.1 Å². The average molecular weight is 262 g/mol. The second kappa shape index (κ2) is 7.51. The zero-order valence-corrected chi connectivity index (χ0v) is 11.9. The molecule has 0 radical (unpaired) electrons. The van der Waals surface area contributed by atoms with Crippen molar-refractivity contribution in [3.8, 4) is 5.75 Å². The van der Waals surface area contributed by atoms with Crippen molar-refractivity contribution in [2.75, 3.05) is 26.2 Å². The summed E-state index contributed by atoms with van der Waals surface area (Å²) in [6.07, 6.45) is 3.65. The van der Waals surface area contributed by atoms with Crippen molar-refractivity contribution in [3.05, 3.63) is 30.3 Å². The molecule has 0 aliphatic carbocycles. The summed E-state index contributed by atoms with van der Waals surface area (Å²) in [6.45, 7) is 6.21. The van der Waals surface area contributed by atoms with E-state index in [1.165, 1.54) is 12.8 Å². The van der Waals surface area contributed by atoms with Crippen molar-refractivity contribution in [1.82, 2.24) is 4.90 Å². The third kappa shape index (κ3) is 4.51. The summed E-state index contributed by atoms with van der Waals surface area (Å²) >= 11 is 0. The molecule has 0 amide bonds. The predicted octanol–water partition coefficient (Wildman–Crippen LogP) is 2.51. The van der Waals surface area contributed by atoms with Crippen molar-refractivity contribution < 1.29 is 4.74 Å². The fourth-order valence-electron chi connectivity index (χ4n) is 2.74. The van der Waals surface area contributed by atoms with E-state index in [9.17, 15) is 0 Å². The smallest absolute Gasteiger partial charge is 0.119 e. The summed E-state index contributed by atoms with van der Waals surface area (Å²) in [5.74, 6) is 1.65. The lowest BCUT2D eigenvalue weighted by Gasteiger charge is -2.37. The Morgan fingerprint density at radius 2 is 2.05 bits per heavy atom. The molecule has 1 heterocycles. The van der Waals surface area contributed by atoms with Crippen molar-refractivity contribution in [2.24, 2.45) is 11.7 Å². The van der Waals surface area contributed by atoms with Gasteiger partial charge in [-0.25, -0.2) is 0 Å². The molecule has 1 aliphatic heterocycles. The summed E-state index contributed by atoms with van der Waals surface area (Å²) in [5, 5.41) is 0. The molecule has 0 spiro atoms. The summed E-state index contributed by atoms with van der Waals surface area (Å²) in [7, 11) is 0. The maximum Gasteiger partial charge on any atom is 0.119 e. The van der Waals surface area contributed by atoms with E-state index in [1.54, 1.807) is 0 Å². The van der Waals surface area contributed by atoms with Gasteiger partial charge in [0.15, 0.2) is 0 Å². The van der Waals surface area contributed by atoms with Gasteiger partial charge in [0.1, 0.15) is 5.75 Å². The SMILES string of the molecule is CC1CCC(CN)CN1CCCOc1ccccc1. The van der Waals surface area contributed by atoms with E-state index in [0.717, 1.165) is 38.4 Å². The van der Waals surface area contributed by atoms with Crippen LogP contribution in [0, 0.1) is 5.92 Å². The van der Waals surface area contributed by atoms with Gasteiger partial charge in [-0.3, -0.25) is 0 Å². The Kier molecular flexibility index (Phi) is 5.67. The van der Waals surface area contributed by atoms with Gasteiger partial charge in [-0.1, -0.05) is 18.2 Å². The normalized spacial score (nSPS) is 24.3. The Labute approximate surface area is 116 Å². The van der Waals surface area contributed by atoms with Crippen molar-refractivity contribution in [1.29, 1.82) is 0 Å². The van der Waals surface area contributed by atoms with E-state index in [4.69, 9.17) is 10.5 Å². The number of hydrogen-bond acceptors (Lipinski definition) is 3. The molecule has 2 N–H and O–H groups in total. The van der Waals surface area contributed by atoms with Crippen LogP contribution in [0.15, 0.2) is 30.3 Å². The second-order valence-corrected chi connectivity index (χ2v) is 5.54. The summed E-state index contributed by atoms with van der Waals surface area (Å²) in [6, 6.07) is 10.7. The highest BCUT2D eigenvalue weighted by Gasteiger charge is 2.23. The van der Waals surface area contributed by atoms with Crippen LogP contribution in [-0.4, -0.2) is 37.2 Å². The fraction of sp³-hybridized carbons (Fsp3) is 0.625. The Balaban J connectivity index is 1.67. The van der Waals surface area contributed by atoms with Gasteiger partial charge in [0.05, 0.1) is 6.61 Å². The minimum absolute atomic E-state index is 0.686. The quantitative estimate of drug-likeness (QED) is 0.801. The highest BCUT2D eigenvalue weighted by molar-refractivity contribution is 5.20. The van der Waals surface area contributed by atoms with Crippen molar-refractivity contribution in [3.63, 3.8) is 0 Å². The monoisotopic (exact) mass is 262 g/mol. The molecule has 3 heteroatoms. The number of hydrogen-bond donors (Lipinski definition) is 1. The molecule has 2 unspecified atom stereocenters. The minimum atomic E-state index is 0.686. The van der Waals surface area contributed by atoms with E-state index in [0.29, 0.717) is 12.0 Å². The third-order valence-corrected chi connectivity index (χ3v) is 4.04. The first kappa shape index (κ1) is 14.4. The van der Waals surface area contributed by atoms with E-state index >= 15 is 0 Å². The molecule has 2 atom stereocenters. The Morgan fingerprint density at radius 1 is 1.26 bits per heavy atom. The van der Waals surface area contributed by atoms with Crippen LogP contribution >= 0.6 is 0 Å². The van der Waals surface area contributed by atoms with Crippen LogP contribution in [0.3, 0.4) is 0 Å². The van der Waals surface area contributed by atoms with Crippen LogP contribution in [0.5, 0.6) is 5.75 Å².